The third-order valence-corrected chi connectivity index (χ3v) is 4.63. The Labute approximate surface area is 170 Å². The quantitative estimate of drug-likeness (QED) is 0.386. The Morgan fingerprint density at radius 2 is 1.82 bits per heavy atom. The van der Waals surface area contributed by atoms with Gasteiger partial charge in [0.05, 0.1) is 0 Å². The number of aryl methyl sites for hydroxylation is 1. The van der Waals surface area contributed by atoms with Gasteiger partial charge in [0, 0.05) is 34.7 Å². The van der Waals surface area contributed by atoms with Gasteiger partial charge in [0.15, 0.2) is 11.5 Å². The molecule has 2 rings (SSSR count). The second kappa shape index (κ2) is 10.6. The SMILES string of the molecule is CC1=C(O)C(=O)C(C)=C(C=C(CCCCCc2cccnc2)C(=O)O)C1=O.Cl. The average Bonchev–Trinajstić information content (AvgIpc) is 2.66. The number of allylic oxidation sites excluding steroid dienone is 4. The molecular weight excluding hydrogens is 382 g/mol. The molecule has 28 heavy (non-hydrogen) atoms. The number of carboxylic acid groups (broad SMARTS) is 1. The molecule has 1 aromatic heterocycles. The highest BCUT2D eigenvalue weighted by atomic mass is 35.5. The number of pyridine rings is 1. The van der Waals surface area contributed by atoms with Crippen molar-refractivity contribution in [2.24, 2.45) is 0 Å². The Balaban J connectivity index is 0.00000392. The Hall–Kier alpha value is -2.73. The van der Waals surface area contributed by atoms with Gasteiger partial charge >= 0.3 is 5.97 Å². The normalized spacial score (nSPS) is 15.0. The minimum absolute atomic E-state index is 0. The van der Waals surface area contributed by atoms with Crippen molar-refractivity contribution >= 4 is 29.9 Å². The molecule has 0 fully saturated rings. The van der Waals surface area contributed by atoms with Gasteiger partial charge in [-0.2, -0.15) is 0 Å². The number of rotatable bonds is 8. The summed E-state index contributed by atoms with van der Waals surface area (Å²) in [6, 6.07) is 3.88. The second-order valence-electron chi connectivity index (χ2n) is 6.57. The van der Waals surface area contributed by atoms with E-state index in [0.717, 1.165) is 24.8 Å². The minimum Gasteiger partial charge on any atom is -0.504 e. The van der Waals surface area contributed by atoms with Crippen molar-refractivity contribution in [2.75, 3.05) is 0 Å². The van der Waals surface area contributed by atoms with Crippen LogP contribution in [0.1, 0.15) is 45.1 Å². The van der Waals surface area contributed by atoms with Crippen molar-refractivity contribution in [3.05, 3.63) is 64.2 Å². The maximum Gasteiger partial charge on any atom is 0.331 e. The second-order valence-corrected chi connectivity index (χ2v) is 6.57. The van der Waals surface area contributed by atoms with Crippen LogP contribution in [0, 0.1) is 0 Å². The number of aliphatic hydroxyl groups is 1. The summed E-state index contributed by atoms with van der Waals surface area (Å²) in [6.07, 6.45) is 8.39. The summed E-state index contributed by atoms with van der Waals surface area (Å²) >= 11 is 0. The van der Waals surface area contributed by atoms with Crippen LogP contribution in [0.15, 0.2) is 58.7 Å². The predicted molar refractivity (Wildman–Crippen MR) is 107 cm³/mol. The lowest BCUT2D eigenvalue weighted by Crippen LogP contribution is -2.21. The number of aromatic nitrogens is 1. The molecular formula is C21H24ClNO5. The third kappa shape index (κ3) is 5.63. The van der Waals surface area contributed by atoms with Gasteiger partial charge in [-0.1, -0.05) is 12.5 Å². The van der Waals surface area contributed by atoms with Crippen molar-refractivity contribution < 1.29 is 24.6 Å². The summed E-state index contributed by atoms with van der Waals surface area (Å²) in [5.41, 5.74) is 1.28. The number of aliphatic carboxylic acids is 1. The molecule has 1 heterocycles. The van der Waals surface area contributed by atoms with Gasteiger partial charge in [0.1, 0.15) is 0 Å². The number of aliphatic hydroxyl groups excluding tert-OH is 1. The summed E-state index contributed by atoms with van der Waals surface area (Å²) in [5.74, 6) is -2.83. The van der Waals surface area contributed by atoms with Crippen LogP contribution in [-0.2, 0) is 20.8 Å². The maximum absolute atomic E-state index is 12.3. The van der Waals surface area contributed by atoms with Crippen molar-refractivity contribution in [1.82, 2.24) is 4.98 Å². The zero-order chi connectivity index (χ0) is 20.0. The Morgan fingerprint density at radius 1 is 1.11 bits per heavy atom. The van der Waals surface area contributed by atoms with Crippen LogP contribution in [0.4, 0.5) is 0 Å². The number of carbonyl (C=O) groups excluding carboxylic acids is 2. The van der Waals surface area contributed by atoms with Crippen LogP contribution in [-0.4, -0.2) is 32.7 Å². The lowest BCUT2D eigenvalue weighted by Gasteiger charge is -2.15. The average molecular weight is 406 g/mol. The van der Waals surface area contributed by atoms with E-state index in [1.165, 1.54) is 19.9 Å². The van der Waals surface area contributed by atoms with Crippen LogP contribution in [0.3, 0.4) is 0 Å². The van der Waals surface area contributed by atoms with Crippen LogP contribution >= 0.6 is 12.4 Å². The standard InChI is InChI=1S/C21H23NO5.ClH/c1-13-17(18(23)14(2)20(25)19(13)24)11-16(21(26)27)9-5-3-4-7-15-8-6-10-22-12-15;/h6,8,10-12,25H,3-5,7,9H2,1-2H3,(H,26,27);1H. The van der Waals surface area contributed by atoms with E-state index >= 15 is 0 Å². The number of ketones is 2. The molecule has 1 aliphatic carbocycles. The summed E-state index contributed by atoms with van der Waals surface area (Å²) in [7, 11) is 0. The van der Waals surface area contributed by atoms with Crippen molar-refractivity contribution in [3.8, 4) is 0 Å². The van der Waals surface area contributed by atoms with Crippen LogP contribution in [0.5, 0.6) is 0 Å². The van der Waals surface area contributed by atoms with Crippen molar-refractivity contribution in [1.29, 1.82) is 0 Å². The van der Waals surface area contributed by atoms with Gasteiger partial charge in [-0.15, -0.1) is 12.4 Å². The van der Waals surface area contributed by atoms with Crippen LogP contribution in [0.25, 0.3) is 0 Å². The summed E-state index contributed by atoms with van der Waals surface area (Å²) in [6.45, 7) is 2.77. The van der Waals surface area contributed by atoms with Crippen LogP contribution in [0.2, 0.25) is 0 Å². The molecule has 1 aromatic rings. The monoisotopic (exact) mass is 405 g/mol. The Morgan fingerprint density at radius 3 is 2.43 bits per heavy atom. The molecule has 0 amide bonds. The summed E-state index contributed by atoms with van der Waals surface area (Å²) < 4.78 is 0. The highest BCUT2D eigenvalue weighted by Gasteiger charge is 2.29. The first-order chi connectivity index (χ1) is 12.8. The third-order valence-electron chi connectivity index (χ3n) is 4.63. The molecule has 1 aliphatic rings. The first-order valence-corrected chi connectivity index (χ1v) is 8.85. The van der Waals surface area contributed by atoms with Crippen molar-refractivity contribution in [3.63, 3.8) is 0 Å². The fourth-order valence-corrected chi connectivity index (χ4v) is 2.91. The predicted octanol–water partition coefficient (Wildman–Crippen LogP) is 3.92. The molecule has 150 valence electrons. The van der Waals surface area contributed by atoms with Gasteiger partial charge in [-0.05, 0) is 57.2 Å². The number of hydrogen-bond acceptors (Lipinski definition) is 5. The molecule has 0 radical (unpaired) electrons. The number of unbranched alkanes of at least 4 members (excludes halogenated alkanes) is 2. The zero-order valence-electron chi connectivity index (χ0n) is 15.9. The largest absolute Gasteiger partial charge is 0.504 e. The van der Waals surface area contributed by atoms with Crippen LogP contribution < -0.4 is 0 Å². The fourth-order valence-electron chi connectivity index (χ4n) is 2.91. The highest BCUT2D eigenvalue weighted by molar-refractivity contribution is 6.25. The lowest BCUT2D eigenvalue weighted by molar-refractivity contribution is -0.132. The first kappa shape index (κ1) is 23.3. The first-order valence-electron chi connectivity index (χ1n) is 8.85. The van der Waals surface area contributed by atoms with E-state index in [4.69, 9.17) is 0 Å². The Bertz CT molecular complexity index is 853. The number of Topliss-reactive ketones (excluding diaryl/α,β-unsaturated/α-hetero) is 2. The fraction of sp³-hybridized carbons (Fsp3) is 0.333. The number of hydrogen-bond donors (Lipinski definition) is 2. The molecule has 0 aromatic carbocycles. The molecule has 0 unspecified atom stereocenters. The molecule has 0 aliphatic heterocycles. The molecule has 6 nitrogen and oxygen atoms in total. The molecule has 0 bridgehead atoms. The van der Waals surface area contributed by atoms with Crippen molar-refractivity contribution in [2.45, 2.75) is 46.0 Å². The van der Waals surface area contributed by atoms with E-state index < -0.39 is 23.3 Å². The summed E-state index contributed by atoms with van der Waals surface area (Å²) in [4.78, 5) is 39.9. The van der Waals surface area contributed by atoms with E-state index in [2.05, 4.69) is 4.98 Å². The highest BCUT2D eigenvalue weighted by Crippen LogP contribution is 2.25. The zero-order valence-corrected chi connectivity index (χ0v) is 16.7. The van der Waals surface area contributed by atoms with Gasteiger partial charge in [0.25, 0.3) is 0 Å². The van der Waals surface area contributed by atoms with E-state index in [1.54, 1.807) is 6.20 Å². The number of nitrogens with zero attached hydrogens (tertiary/aromatic N) is 1. The van der Waals surface area contributed by atoms with E-state index in [-0.39, 0.29) is 34.7 Å². The van der Waals surface area contributed by atoms with Gasteiger partial charge < -0.3 is 10.2 Å². The van der Waals surface area contributed by atoms with E-state index in [9.17, 15) is 24.6 Å². The van der Waals surface area contributed by atoms with Gasteiger partial charge in [-0.3, -0.25) is 14.6 Å². The lowest BCUT2D eigenvalue weighted by atomic mass is 9.88. The number of halogens is 1. The molecule has 0 saturated carbocycles. The number of carboxylic acids is 1. The van der Waals surface area contributed by atoms with E-state index in [1.807, 2.05) is 18.3 Å². The molecule has 0 saturated heterocycles. The van der Waals surface area contributed by atoms with Gasteiger partial charge in [-0.25, -0.2) is 4.79 Å². The molecule has 0 atom stereocenters. The molecule has 7 heteroatoms. The summed E-state index contributed by atoms with van der Waals surface area (Å²) in [5, 5.41) is 19.1. The number of carbonyl (C=O) groups is 3. The van der Waals surface area contributed by atoms with E-state index in [0.29, 0.717) is 12.8 Å². The Kier molecular flexibility index (Phi) is 8.79. The smallest absolute Gasteiger partial charge is 0.331 e. The molecule has 2 N–H and O–H groups in total. The maximum atomic E-state index is 12.3. The minimum atomic E-state index is -1.11. The molecule has 0 spiro atoms. The topological polar surface area (TPSA) is 105 Å². The van der Waals surface area contributed by atoms with Gasteiger partial charge in [0.2, 0.25) is 5.78 Å².